The van der Waals surface area contributed by atoms with E-state index >= 15 is 0 Å². The Morgan fingerprint density at radius 3 is 2.82 bits per heavy atom. The largest absolute Gasteiger partial charge is 0.326 e. The molecule has 1 aliphatic carbocycles. The second-order valence-corrected chi connectivity index (χ2v) is 10.3. The normalized spacial score (nSPS) is 13.1. The number of aromatic nitrogens is 3. The Kier molecular flexibility index (Phi) is 6.55. The van der Waals surface area contributed by atoms with Gasteiger partial charge in [-0.05, 0) is 67.1 Å². The summed E-state index contributed by atoms with van der Waals surface area (Å²) in [5.41, 5.74) is 3.04. The fourth-order valence-electron chi connectivity index (χ4n) is 4.07. The summed E-state index contributed by atoms with van der Waals surface area (Å²) in [6.07, 6.45) is 8.60. The van der Waals surface area contributed by atoms with E-state index in [9.17, 15) is 9.59 Å². The number of carbonyl (C=O) groups is 1. The topological polar surface area (TPSA) is 87.7 Å². The standard InChI is InChI=1S/C25H24N4O2S2/c30-22(27-17-7-9-18(10-8-17)32-15-16-4-3-13-26-14-16)12-11-21-28-24(31)23-19-5-1-2-6-20(19)33-25(23)29-21/h3-4,7-10,13-14H,1-2,5-6,11-12,15H2,(H,27,30)(H,28,29,31). The van der Waals surface area contributed by atoms with E-state index in [1.54, 1.807) is 29.3 Å². The predicted molar refractivity (Wildman–Crippen MR) is 134 cm³/mol. The second-order valence-electron chi connectivity index (χ2n) is 8.13. The molecule has 1 aromatic carbocycles. The Morgan fingerprint density at radius 2 is 2.00 bits per heavy atom. The highest BCUT2D eigenvalue weighted by Crippen LogP contribution is 2.33. The number of aromatic amines is 1. The van der Waals surface area contributed by atoms with Gasteiger partial charge in [0.1, 0.15) is 10.7 Å². The number of amides is 1. The number of thioether (sulfide) groups is 1. The van der Waals surface area contributed by atoms with Crippen molar-refractivity contribution in [2.75, 3.05) is 5.32 Å². The van der Waals surface area contributed by atoms with Crippen LogP contribution in [0, 0.1) is 0 Å². The van der Waals surface area contributed by atoms with Gasteiger partial charge in [-0.3, -0.25) is 14.6 Å². The number of pyridine rings is 1. The molecule has 0 fully saturated rings. The first-order valence-corrected chi connectivity index (χ1v) is 12.9. The van der Waals surface area contributed by atoms with Crippen molar-refractivity contribution in [3.63, 3.8) is 0 Å². The van der Waals surface area contributed by atoms with Gasteiger partial charge in [0.25, 0.3) is 5.56 Å². The molecule has 0 saturated heterocycles. The summed E-state index contributed by atoms with van der Waals surface area (Å²) < 4.78 is 0. The van der Waals surface area contributed by atoms with Crippen molar-refractivity contribution in [2.24, 2.45) is 0 Å². The molecule has 4 aromatic rings. The Labute approximate surface area is 199 Å². The number of H-pyrrole nitrogens is 1. The molecular formula is C25H24N4O2S2. The van der Waals surface area contributed by atoms with Crippen LogP contribution in [0.4, 0.5) is 5.69 Å². The van der Waals surface area contributed by atoms with E-state index in [2.05, 4.69) is 26.3 Å². The lowest BCUT2D eigenvalue weighted by Crippen LogP contribution is -2.16. The third-order valence-electron chi connectivity index (χ3n) is 5.73. The summed E-state index contributed by atoms with van der Waals surface area (Å²) in [6.45, 7) is 0. The molecule has 0 atom stereocenters. The molecular weight excluding hydrogens is 452 g/mol. The number of hydrogen-bond acceptors (Lipinski definition) is 6. The zero-order valence-corrected chi connectivity index (χ0v) is 19.7. The summed E-state index contributed by atoms with van der Waals surface area (Å²) in [5, 5.41) is 3.68. The number of nitrogens with zero attached hydrogens (tertiary/aromatic N) is 2. The maximum absolute atomic E-state index is 12.6. The van der Waals surface area contributed by atoms with Crippen LogP contribution in [0.15, 0.2) is 58.5 Å². The van der Waals surface area contributed by atoms with Crippen LogP contribution in [-0.2, 0) is 29.8 Å². The highest BCUT2D eigenvalue weighted by atomic mass is 32.2. The van der Waals surface area contributed by atoms with Crippen molar-refractivity contribution in [1.82, 2.24) is 15.0 Å². The average molecular weight is 477 g/mol. The molecule has 168 valence electrons. The van der Waals surface area contributed by atoms with Gasteiger partial charge in [-0.25, -0.2) is 4.98 Å². The average Bonchev–Trinajstić information content (AvgIpc) is 3.22. The van der Waals surface area contributed by atoms with Crippen molar-refractivity contribution in [2.45, 2.75) is 49.2 Å². The number of benzene rings is 1. The number of aryl methyl sites for hydroxylation is 3. The fraction of sp³-hybridized carbons (Fsp3) is 0.280. The van der Waals surface area contributed by atoms with Crippen LogP contribution in [-0.4, -0.2) is 20.9 Å². The van der Waals surface area contributed by atoms with E-state index in [0.29, 0.717) is 12.2 Å². The number of fused-ring (bicyclic) bond motifs is 3. The molecule has 3 aromatic heterocycles. The molecule has 5 rings (SSSR count). The molecule has 8 heteroatoms. The second kappa shape index (κ2) is 9.89. The zero-order chi connectivity index (χ0) is 22.6. The molecule has 0 bridgehead atoms. The van der Waals surface area contributed by atoms with Gasteiger partial charge in [-0.15, -0.1) is 23.1 Å². The van der Waals surface area contributed by atoms with Crippen LogP contribution in [0.5, 0.6) is 0 Å². The van der Waals surface area contributed by atoms with Gasteiger partial charge < -0.3 is 10.3 Å². The first-order chi connectivity index (χ1) is 16.2. The third kappa shape index (κ3) is 5.17. The SMILES string of the molecule is O=C(CCc1nc2sc3c(c2c(=O)[nH]1)CCCC3)Nc1ccc(SCc2cccnc2)cc1. The minimum Gasteiger partial charge on any atom is -0.326 e. The summed E-state index contributed by atoms with van der Waals surface area (Å²) >= 11 is 3.36. The van der Waals surface area contributed by atoms with Gasteiger partial charge in [0, 0.05) is 46.4 Å². The molecule has 0 radical (unpaired) electrons. The smallest absolute Gasteiger partial charge is 0.259 e. The Balaban J connectivity index is 1.17. The number of carbonyl (C=O) groups excluding carboxylic acids is 1. The van der Waals surface area contributed by atoms with Crippen molar-refractivity contribution in [1.29, 1.82) is 0 Å². The zero-order valence-electron chi connectivity index (χ0n) is 18.1. The van der Waals surface area contributed by atoms with E-state index in [-0.39, 0.29) is 17.9 Å². The minimum absolute atomic E-state index is 0.0748. The van der Waals surface area contributed by atoms with Crippen LogP contribution in [0.2, 0.25) is 0 Å². The highest BCUT2D eigenvalue weighted by Gasteiger charge is 2.19. The predicted octanol–water partition coefficient (Wildman–Crippen LogP) is 5.12. The van der Waals surface area contributed by atoms with Gasteiger partial charge in [-0.2, -0.15) is 0 Å². The number of rotatable bonds is 7. The van der Waals surface area contributed by atoms with Gasteiger partial charge in [0.15, 0.2) is 0 Å². The monoisotopic (exact) mass is 476 g/mol. The summed E-state index contributed by atoms with van der Waals surface area (Å²) in [5.74, 6) is 1.32. The first kappa shape index (κ1) is 21.9. The third-order valence-corrected chi connectivity index (χ3v) is 8.00. The van der Waals surface area contributed by atoms with Crippen LogP contribution < -0.4 is 10.9 Å². The van der Waals surface area contributed by atoms with E-state index in [4.69, 9.17) is 0 Å². The summed E-state index contributed by atoms with van der Waals surface area (Å²) in [6, 6.07) is 11.8. The van der Waals surface area contributed by atoms with Crippen LogP contribution in [0.1, 0.15) is 41.1 Å². The van der Waals surface area contributed by atoms with Crippen LogP contribution in [0.3, 0.4) is 0 Å². The number of anilines is 1. The van der Waals surface area contributed by atoms with E-state index in [1.165, 1.54) is 22.4 Å². The Bertz CT molecular complexity index is 1330. The first-order valence-electron chi connectivity index (χ1n) is 11.1. The number of nitrogens with one attached hydrogen (secondary N) is 2. The van der Waals surface area contributed by atoms with E-state index in [0.717, 1.165) is 45.8 Å². The van der Waals surface area contributed by atoms with Crippen LogP contribution >= 0.6 is 23.1 Å². The summed E-state index contributed by atoms with van der Waals surface area (Å²) in [4.78, 5) is 40.0. The fourth-order valence-corrected chi connectivity index (χ4v) is 6.18. The Morgan fingerprint density at radius 1 is 1.15 bits per heavy atom. The molecule has 0 unspecified atom stereocenters. The lowest BCUT2D eigenvalue weighted by Gasteiger charge is -2.09. The molecule has 3 heterocycles. The van der Waals surface area contributed by atoms with E-state index in [1.807, 2.05) is 36.5 Å². The van der Waals surface area contributed by atoms with E-state index < -0.39 is 0 Å². The molecule has 0 spiro atoms. The van der Waals surface area contributed by atoms with Crippen molar-refractivity contribution in [3.8, 4) is 0 Å². The molecule has 2 N–H and O–H groups in total. The molecule has 0 saturated carbocycles. The van der Waals surface area contributed by atoms with Gasteiger partial charge >= 0.3 is 0 Å². The highest BCUT2D eigenvalue weighted by molar-refractivity contribution is 7.98. The van der Waals surface area contributed by atoms with Crippen LogP contribution in [0.25, 0.3) is 10.2 Å². The molecule has 1 amide bonds. The lowest BCUT2D eigenvalue weighted by atomic mass is 9.97. The maximum Gasteiger partial charge on any atom is 0.259 e. The van der Waals surface area contributed by atoms with Crippen molar-refractivity contribution >= 4 is 44.9 Å². The number of thiophene rings is 1. The molecule has 0 aliphatic heterocycles. The lowest BCUT2D eigenvalue weighted by molar-refractivity contribution is -0.116. The molecule has 6 nitrogen and oxygen atoms in total. The van der Waals surface area contributed by atoms with Gasteiger partial charge in [0.2, 0.25) is 5.91 Å². The molecule has 33 heavy (non-hydrogen) atoms. The van der Waals surface area contributed by atoms with Crippen molar-refractivity contribution < 1.29 is 4.79 Å². The minimum atomic E-state index is -0.0982. The molecule has 1 aliphatic rings. The Hall–Kier alpha value is -2.97. The van der Waals surface area contributed by atoms with Gasteiger partial charge in [0.05, 0.1) is 5.39 Å². The quantitative estimate of drug-likeness (QED) is 0.362. The van der Waals surface area contributed by atoms with Gasteiger partial charge in [-0.1, -0.05) is 6.07 Å². The number of hydrogen-bond donors (Lipinski definition) is 2. The van der Waals surface area contributed by atoms with Crippen molar-refractivity contribution in [3.05, 3.63) is 81.0 Å². The maximum atomic E-state index is 12.6. The summed E-state index contributed by atoms with van der Waals surface area (Å²) in [7, 11) is 0.